The summed E-state index contributed by atoms with van der Waals surface area (Å²) in [5.41, 5.74) is 1.08. The average molecular weight is 230 g/mol. The summed E-state index contributed by atoms with van der Waals surface area (Å²) in [6.07, 6.45) is 3.84. The van der Waals surface area contributed by atoms with Gasteiger partial charge in [0.05, 0.1) is 0 Å². The van der Waals surface area contributed by atoms with Gasteiger partial charge in [-0.2, -0.15) is 0 Å². The fourth-order valence-corrected chi connectivity index (χ4v) is 1.68. The minimum atomic E-state index is -0.510. The highest BCUT2D eigenvalue weighted by Crippen LogP contribution is 2.02. The molecule has 1 N–H and O–H groups in total. The smallest absolute Gasteiger partial charge is 0.312 e. The fourth-order valence-electron chi connectivity index (χ4n) is 1.68. The predicted molar refractivity (Wildman–Crippen MR) is 65.1 cm³/mol. The zero-order chi connectivity index (χ0) is 12.1. The van der Waals surface area contributed by atoms with E-state index in [1.165, 1.54) is 4.90 Å². The van der Waals surface area contributed by atoms with Crippen LogP contribution in [-0.2, 0) is 9.59 Å². The maximum absolute atomic E-state index is 11.4. The van der Waals surface area contributed by atoms with Crippen LogP contribution in [0.2, 0.25) is 0 Å². The molecule has 17 heavy (non-hydrogen) atoms. The molecule has 0 unspecified atom stereocenters. The van der Waals surface area contributed by atoms with Crippen LogP contribution in [0.25, 0.3) is 6.08 Å². The van der Waals surface area contributed by atoms with Crippen molar-refractivity contribution in [2.75, 3.05) is 19.6 Å². The monoisotopic (exact) mass is 230 g/mol. The Balaban J connectivity index is 1.92. The molecule has 4 nitrogen and oxygen atoms in total. The van der Waals surface area contributed by atoms with Crippen LogP contribution < -0.4 is 5.32 Å². The average Bonchev–Trinajstić information content (AvgIpc) is 2.36. The quantitative estimate of drug-likeness (QED) is 0.775. The van der Waals surface area contributed by atoms with Crippen LogP contribution in [0.3, 0.4) is 0 Å². The van der Waals surface area contributed by atoms with E-state index in [0.717, 1.165) is 5.56 Å². The van der Waals surface area contributed by atoms with Crippen molar-refractivity contribution >= 4 is 17.9 Å². The first kappa shape index (κ1) is 11.4. The number of nitrogens with zero attached hydrogens (tertiary/aromatic N) is 1. The number of hydrogen-bond donors (Lipinski definition) is 1. The maximum atomic E-state index is 11.4. The summed E-state index contributed by atoms with van der Waals surface area (Å²) in [5, 5.41) is 2.52. The number of piperazine rings is 1. The number of rotatable bonds is 3. The summed E-state index contributed by atoms with van der Waals surface area (Å²) < 4.78 is 0. The third-order valence-corrected chi connectivity index (χ3v) is 2.58. The Bertz CT molecular complexity index is 440. The van der Waals surface area contributed by atoms with Crippen molar-refractivity contribution in [1.29, 1.82) is 0 Å². The standard InChI is InChI=1S/C13H14N2O2/c16-12-13(17)15(10-8-14-12)9-4-7-11-5-2-1-3-6-11/h1-7H,8-10H2,(H,14,16)/b7-4+. The van der Waals surface area contributed by atoms with Gasteiger partial charge < -0.3 is 10.2 Å². The summed E-state index contributed by atoms with van der Waals surface area (Å²) in [6.45, 7) is 1.58. The van der Waals surface area contributed by atoms with E-state index in [1.807, 2.05) is 42.5 Å². The molecular weight excluding hydrogens is 216 g/mol. The molecule has 0 atom stereocenters. The molecule has 1 fully saturated rings. The second-order valence-electron chi connectivity index (χ2n) is 3.82. The summed E-state index contributed by atoms with van der Waals surface area (Å²) in [7, 11) is 0. The Morgan fingerprint density at radius 2 is 2.00 bits per heavy atom. The lowest BCUT2D eigenvalue weighted by atomic mass is 10.2. The zero-order valence-electron chi connectivity index (χ0n) is 9.43. The van der Waals surface area contributed by atoms with Crippen LogP contribution in [0.1, 0.15) is 5.56 Å². The largest absolute Gasteiger partial charge is 0.346 e. The molecule has 88 valence electrons. The highest BCUT2D eigenvalue weighted by Gasteiger charge is 2.24. The van der Waals surface area contributed by atoms with E-state index in [0.29, 0.717) is 19.6 Å². The predicted octanol–water partition coefficient (Wildman–Crippen LogP) is 0.658. The van der Waals surface area contributed by atoms with Gasteiger partial charge in [0, 0.05) is 19.6 Å². The molecule has 0 aromatic heterocycles. The van der Waals surface area contributed by atoms with Gasteiger partial charge in [0.25, 0.3) is 0 Å². The van der Waals surface area contributed by atoms with Crippen LogP contribution in [0, 0.1) is 0 Å². The number of carbonyl (C=O) groups excluding carboxylic acids is 2. The van der Waals surface area contributed by atoms with Gasteiger partial charge in [-0.3, -0.25) is 9.59 Å². The Labute approximate surface area is 99.9 Å². The molecule has 1 heterocycles. The molecule has 2 amide bonds. The molecule has 1 aromatic rings. The number of nitrogens with one attached hydrogen (secondary N) is 1. The van der Waals surface area contributed by atoms with Gasteiger partial charge in [-0.15, -0.1) is 0 Å². The lowest BCUT2D eigenvalue weighted by Crippen LogP contribution is -2.52. The van der Waals surface area contributed by atoms with E-state index in [-0.39, 0.29) is 0 Å². The Morgan fingerprint density at radius 1 is 1.24 bits per heavy atom. The second kappa shape index (κ2) is 5.30. The van der Waals surface area contributed by atoms with E-state index in [4.69, 9.17) is 0 Å². The van der Waals surface area contributed by atoms with Gasteiger partial charge >= 0.3 is 11.8 Å². The SMILES string of the molecule is O=C1NCCN(C/C=C/c2ccccc2)C1=O. The molecule has 0 aliphatic carbocycles. The number of carbonyl (C=O) groups is 2. The molecule has 1 saturated heterocycles. The van der Waals surface area contributed by atoms with Crippen molar-refractivity contribution in [3.05, 3.63) is 42.0 Å². The Hall–Kier alpha value is -2.10. The summed E-state index contributed by atoms with van der Waals surface area (Å²) >= 11 is 0. The normalized spacial score (nSPS) is 16.4. The number of hydrogen-bond acceptors (Lipinski definition) is 2. The minimum Gasteiger partial charge on any atom is -0.346 e. The van der Waals surface area contributed by atoms with Gasteiger partial charge in [0.2, 0.25) is 0 Å². The van der Waals surface area contributed by atoms with Crippen molar-refractivity contribution in [3.8, 4) is 0 Å². The van der Waals surface area contributed by atoms with Crippen molar-refractivity contribution < 1.29 is 9.59 Å². The third-order valence-electron chi connectivity index (χ3n) is 2.58. The lowest BCUT2D eigenvalue weighted by Gasteiger charge is -2.24. The van der Waals surface area contributed by atoms with Crippen LogP contribution in [0.5, 0.6) is 0 Å². The lowest BCUT2D eigenvalue weighted by molar-refractivity contribution is -0.147. The molecular formula is C13H14N2O2. The van der Waals surface area contributed by atoms with Gasteiger partial charge in [0.1, 0.15) is 0 Å². The second-order valence-corrected chi connectivity index (χ2v) is 3.82. The summed E-state index contributed by atoms with van der Waals surface area (Å²) in [6, 6.07) is 9.84. The Kier molecular flexibility index (Phi) is 3.55. The molecule has 1 aliphatic rings. The first-order valence-corrected chi connectivity index (χ1v) is 5.56. The number of benzene rings is 1. The van der Waals surface area contributed by atoms with Gasteiger partial charge in [0.15, 0.2) is 0 Å². The van der Waals surface area contributed by atoms with E-state index < -0.39 is 11.8 Å². The molecule has 0 saturated carbocycles. The van der Waals surface area contributed by atoms with Crippen molar-refractivity contribution in [1.82, 2.24) is 10.2 Å². The highest BCUT2D eigenvalue weighted by atomic mass is 16.2. The highest BCUT2D eigenvalue weighted by molar-refractivity contribution is 6.35. The maximum Gasteiger partial charge on any atom is 0.312 e. The van der Waals surface area contributed by atoms with E-state index in [1.54, 1.807) is 0 Å². The summed E-state index contributed by atoms with van der Waals surface area (Å²) in [4.78, 5) is 24.1. The van der Waals surface area contributed by atoms with E-state index in [2.05, 4.69) is 5.32 Å². The minimum absolute atomic E-state index is 0.450. The topological polar surface area (TPSA) is 49.4 Å². The zero-order valence-corrected chi connectivity index (χ0v) is 9.43. The van der Waals surface area contributed by atoms with Gasteiger partial charge in [-0.05, 0) is 5.56 Å². The fraction of sp³-hybridized carbons (Fsp3) is 0.231. The molecule has 0 spiro atoms. The third kappa shape index (κ3) is 2.93. The van der Waals surface area contributed by atoms with Crippen molar-refractivity contribution in [3.63, 3.8) is 0 Å². The van der Waals surface area contributed by atoms with Crippen LogP contribution in [0.15, 0.2) is 36.4 Å². The molecule has 0 radical (unpaired) electrons. The van der Waals surface area contributed by atoms with E-state index in [9.17, 15) is 9.59 Å². The molecule has 2 rings (SSSR count). The first-order chi connectivity index (χ1) is 8.27. The van der Waals surface area contributed by atoms with Crippen LogP contribution >= 0.6 is 0 Å². The van der Waals surface area contributed by atoms with Gasteiger partial charge in [-0.25, -0.2) is 0 Å². The molecule has 4 heteroatoms. The molecule has 0 bridgehead atoms. The Morgan fingerprint density at radius 3 is 2.76 bits per heavy atom. The molecule has 1 aliphatic heterocycles. The van der Waals surface area contributed by atoms with Crippen molar-refractivity contribution in [2.45, 2.75) is 0 Å². The van der Waals surface area contributed by atoms with Crippen LogP contribution in [0.4, 0.5) is 0 Å². The molecule has 1 aromatic carbocycles. The first-order valence-electron chi connectivity index (χ1n) is 5.56. The number of amides is 2. The van der Waals surface area contributed by atoms with Crippen molar-refractivity contribution in [2.24, 2.45) is 0 Å². The van der Waals surface area contributed by atoms with Crippen LogP contribution in [-0.4, -0.2) is 36.3 Å². The van der Waals surface area contributed by atoms with E-state index >= 15 is 0 Å². The van der Waals surface area contributed by atoms with Gasteiger partial charge in [-0.1, -0.05) is 42.5 Å². The summed E-state index contributed by atoms with van der Waals surface area (Å²) in [5.74, 6) is -0.960.